The van der Waals surface area contributed by atoms with Crippen LogP contribution < -0.4 is 44.9 Å². The Morgan fingerprint density at radius 1 is 0.652 bits per heavy atom. The minimum absolute atomic E-state index is 0.0648. The zero-order valence-corrected chi connectivity index (χ0v) is 65.3. The van der Waals surface area contributed by atoms with Crippen LogP contribution in [0.2, 0.25) is 10.0 Å². The monoisotopic (exact) mass is 1650 g/mol. The summed E-state index contributed by atoms with van der Waals surface area (Å²) < 4.78 is 66.4. The van der Waals surface area contributed by atoms with E-state index in [0.29, 0.717) is 18.3 Å². The Hall–Kier alpha value is -9.51. The zero-order valence-electron chi connectivity index (χ0n) is 63.0. The van der Waals surface area contributed by atoms with Crippen molar-refractivity contribution in [1.82, 2.24) is 26.0 Å². The van der Waals surface area contributed by atoms with Crippen molar-refractivity contribution in [2.24, 2.45) is 47.3 Å². The minimum Gasteiger partial charge on any atom is -0.508 e. The topological polar surface area (TPSA) is 468 Å². The maximum atomic E-state index is 16.5. The van der Waals surface area contributed by atoms with Gasteiger partial charge < -0.3 is 95.6 Å². The molecule has 0 aromatic heterocycles. The summed E-state index contributed by atoms with van der Waals surface area (Å²) >= 11 is 14.3. The van der Waals surface area contributed by atoms with E-state index in [-0.39, 0.29) is 105 Å². The molecule has 15 bridgehead atoms. The number of phenols is 3. The number of Topliss-reactive ketones (excluding diaryl/α,β-unsaturated/α-hetero) is 3. The van der Waals surface area contributed by atoms with Crippen molar-refractivity contribution in [2.45, 2.75) is 169 Å². The highest BCUT2D eigenvalue weighted by Gasteiger charge is 2.51. The lowest BCUT2D eigenvalue weighted by Gasteiger charge is -2.54. The molecule has 0 radical (unpaired) electrons. The summed E-state index contributed by atoms with van der Waals surface area (Å²) in [6, 6.07) is 11.4. The zero-order chi connectivity index (χ0) is 82.3. The molecule has 5 amide bonds. The molecule has 6 aromatic carbocycles. The molecule has 614 valence electrons. The number of aliphatic hydroxyl groups excluding tert-OH is 6. The van der Waals surface area contributed by atoms with E-state index in [1.165, 1.54) is 55.6 Å². The SMILES string of the molecule is CC[C@H](CC(C)C)C(=O)N[C@H]1C(=O)C[C@@H](CC(=O)NS(=O)(=O)c2ccc(OCCOC)cc2)C(=O)N[C@H]2C(=O)C[C@H]3C(=O)N[C@H](C(=O)N[C@H](C(=O)CC4C5CC6CC(C5)CC4C6)c4cc(O)cc(O)c4-c4cc3ccc4O)[C@H](O)c3ccc(c(Cl)c3)Oc3cc2cc(c3O[C@@H]2O[C@H](CO)[C@@H](O)[C@H](O)[C@H]2O)Oc2ccc(cc2Cl)[C@H]1O. The fourth-order valence-corrected chi connectivity index (χ4v) is 18.9. The maximum Gasteiger partial charge on any atom is 0.264 e. The van der Waals surface area contributed by atoms with Crippen LogP contribution in [0.1, 0.15) is 149 Å². The fourth-order valence-electron chi connectivity index (χ4n) is 17.4. The summed E-state index contributed by atoms with van der Waals surface area (Å²) in [4.78, 5) is 124. The van der Waals surface area contributed by atoms with Crippen LogP contribution in [0, 0.1) is 47.3 Å². The third-order valence-electron chi connectivity index (χ3n) is 23.1. The molecule has 5 fully saturated rings. The third-order valence-corrected chi connectivity index (χ3v) is 25.1. The van der Waals surface area contributed by atoms with Gasteiger partial charge in [-0.3, -0.25) is 38.4 Å². The average molecular weight is 1650 g/mol. The lowest BCUT2D eigenvalue weighted by molar-refractivity contribution is -0.277. The minimum atomic E-state index is -4.86. The average Bonchev–Trinajstić information content (AvgIpc) is 0.757. The van der Waals surface area contributed by atoms with Crippen LogP contribution in [-0.2, 0) is 57.9 Å². The van der Waals surface area contributed by atoms with E-state index >= 15 is 28.8 Å². The Balaban J connectivity index is 1.000. The molecule has 14 N–H and O–H groups in total. The first-order chi connectivity index (χ1) is 54.8. The number of hydrogen-bond donors (Lipinski definition) is 14. The van der Waals surface area contributed by atoms with Gasteiger partial charge in [-0.05, 0) is 187 Å². The number of aromatic hydroxyl groups is 3. The molecule has 33 heteroatoms. The van der Waals surface area contributed by atoms with Gasteiger partial charge in [0.05, 0.1) is 40.0 Å². The van der Waals surface area contributed by atoms with Gasteiger partial charge in [-0.25, -0.2) is 13.1 Å². The summed E-state index contributed by atoms with van der Waals surface area (Å²) in [6.07, 6.45) is -12.4. The number of carbonyl (C=O) groups is 8. The fraction of sp³-hybridized carbons (Fsp3) is 0.463. The Morgan fingerprint density at radius 2 is 1.29 bits per heavy atom. The summed E-state index contributed by atoms with van der Waals surface area (Å²) in [5.74, 6) is -16.8. The van der Waals surface area contributed by atoms with Gasteiger partial charge in [0.25, 0.3) is 10.0 Å². The highest BCUT2D eigenvalue weighted by Crippen LogP contribution is 2.58. The Labute approximate surface area is 671 Å². The molecule has 1 saturated heterocycles. The van der Waals surface area contributed by atoms with Gasteiger partial charge in [-0.15, -0.1) is 0 Å². The van der Waals surface area contributed by atoms with Crippen molar-refractivity contribution in [3.63, 3.8) is 0 Å². The Bertz CT molecular complexity index is 4850. The number of halogens is 2. The van der Waals surface area contributed by atoms with Crippen LogP contribution in [0.5, 0.6) is 51.7 Å². The quantitative estimate of drug-likeness (QED) is 0.0354. The first-order valence-electron chi connectivity index (χ1n) is 38.2. The normalized spacial score (nSPS) is 28.2. The van der Waals surface area contributed by atoms with Gasteiger partial charge in [0.15, 0.2) is 28.8 Å². The van der Waals surface area contributed by atoms with E-state index in [2.05, 4.69) is 21.3 Å². The summed E-state index contributed by atoms with van der Waals surface area (Å²) in [7, 11) is -3.41. The Morgan fingerprint density at radius 3 is 1.90 bits per heavy atom. The van der Waals surface area contributed by atoms with E-state index in [0.717, 1.165) is 86.7 Å². The second-order valence-electron chi connectivity index (χ2n) is 31.3. The molecule has 6 heterocycles. The largest absolute Gasteiger partial charge is 0.508 e. The highest BCUT2D eigenvalue weighted by molar-refractivity contribution is 7.90. The molecular formula is C82H91Cl2N5O25S. The third kappa shape index (κ3) is 17.9. The number of methoxy groups -OCH3 is 1. The van der Waals surface area contributed by atoms with E-state index in [1.54, 1.807) is 6.92 Å². The molecule has 4 aliphatic carbocycles. The standard InChI is InChI=1S/C82H91Cl2N5O25S/c1-5-39(18-36(2)3)78(103)87-70-58(94)27-46(30-66(97)89-115(107,108)49-11-9-48(10-12-49)110-17-16-109-4)79(104)85-68-45-28-63(111-61-14-7-41(72(70)98)25-54(61)83)77(114-82-76(102)75(101)74(100)65(35-90)113-82)64(29-45)112-62-15-8-42(26-55(62)84)73(99)71-81(106)86-69(60(96)33-50-43-20-37-19-38(22-43)23-44(50)21-37)53-31-47(91)32-57(93)67(53)52-24-40(6-13-56(52)92)51(34-59(68)95)80(105)88-71/h6-15,24-26,28-29,31-32,36-39,43-44,46,50-51,65,68-76,82,90-93,98-102H,5,16-23,27,30,33-35H2,1-4H3,(H,85,104)(H,86,106)(H,87,103)(H,88,105)(H,89,97)/t37?,38?,39-,43?,44?,46+,50?,51-,65-,68-,69+,70+,71+,72-,73-,74-,75+,76-,82+/m1/s1. The van der Waals surface area contributed by atoms with Crippen LogP contribution in [0.15, 0.2) is 108 Å². The van der Waals surface area contributed by atoms with Gasteiger partial charge in [0, 0.05) is 55.9 Å². The molecule has 6 aliphatic heterocycles. The molecular weight excluding hydrogens is 1560 g/mol. The van der Waals surface area contributed by atoms with Crippen molar-refractivity contribution >= 4 is 80.1 Å². The second kappa shape index (κ2) is 34.7. The van der Waals surface area contributed by atoms with Crippen molar-refractivity contribution in [2.75, 3.05) is 26.9 Å². The summed E-state index contributed by atoms with van der Waals surface area (Å²) in [6.45, 7) is 4.76. The van der Waals surface area contributed by atoms with E-state index in [4.69, 9.17) is 51.6 Å². The molecule has 0 spiro atoms. The number of fused-ring (bicyclic) bond motifs is 15. The lowest BCUT2D eigenvalue weighted by Crippen LogP contribution is -2.60. The molecule has 14 atom stereocenters. The number of ether oxygens (including phenoxy) is 6. The van der Waals surface area contributed by atoms with Crippen molar-refractivity contribution in [1.29, 1.82) is 0 Å². The van der Waals surface area contributed by atoms with Gasteiger partial charge in [0.1, 0.15) is 102 Å². The molecule has 4 saturated carbocycles. The predicted octanol–water partition coefficient (Wildman–Crippen LogP) is 7.27. The number of hydrogen-bond acceptors (Lipinski definition) is 25. The molecule has 0 unspecified atom stereocenters. The van der Waals surface area contributed by atoms with Crippen LogP contribution in [0.3, 0.4) is 0 Å². The lowest BCUT2D eigenvalue weighted by atomic mass is 9.51. The molecule has 30 nitrogen and oxygen atoms in total. The van der Waals surface area contributed by atoms with Gasteiger partial charge in [-0.1, -0.05) is 62.2 Å². The van der Waals surface area contributed by atoms with Crippen LogP contribution in [0.25, 0.3) is 11.1 Å². The number of ketones is 3. The molecule has 10 aliphatic rings. The van der Waals surface area contributed by atoms with Gasteiger partial charge >= 0.3 is 0 Å². The number of aliphatic hydroxyl groups is 6. The number of sulfonamides is 1. The van der Waals surface area contributed by atoms with Crippen molar-refractivity contribution in [3.8, 4) is 62.9 Å². The number of amides is 5. The maximum absolute atomic E-state index is 16.5. The van der Waals surface area contributed by atoms with E-state index in [1.807, 2.05) is 18.6 Å². The Kier molecular flexibility index (Phi) is 25.2. The van der Waals surface area contributed by atoms with Crippen LogP contribution in [-0.4, -0.2) is 171 Å². The van der Waals surface area contributed by atoms with Crippen LogP contribution in [0.4, 0.5) is 0 Å². The first-order valence-corrected chi connectivity index (χ1v) is 40.4. The number of benzene rings is 6. The smallest absolute Gasteiger partial charge is 0.264 e. The first kappa shape index (κ1) is 83.4. The molecule has 16 rings (SSSR count). The van der Waals surface area contributed by atoms with Gasteiger partial charge in [0.2, 0.25) is 41.6 Å². The van der Waals surface area contributed by atoms with Crippen molar-refractivity contribution in [3.05, 3.63) is 141 Å². The van der Waals surface area contributed by atoms with Crippen LogP contribution >= 0.6 is 23.2 Å². The highest BCUT2D eigenvalue weighted by atomic mass is 35.5. The number of carbonyl (C=O) groups excluding carboxylic acids is 8. The predicted molar refractivity (Wildman–Crippen MR) is 409 cm³/mol. The summed E-state index contributed by atoms with van der Waals surface area (Å²) in [5.41, 5.74) is -1.79. The van der Waals surface area contributed by atoms with Crippen molar-refractivity contribution < 1.29 is 121 Å². The molecule has 115 heavy (non-hydrogen) atoms. The second-order valence-corrected chi connectivity index (χ2v) is 33.8. The molecule has 6 aromatic rings. The number of rotatable bonds is 19. The summed E-state index contributed by atoms with van der Waals surface area (Å²) in [5, 5.41) is 115. The number of phenolic OH excluding ortho intramolecular Hbond substituents is 3. The number of nitrogens with one attached hydrogen (secondary N) is 5. The van der Waals surface area contributed by atoms with Gasteiger partial charge in [-0.2, -0.15) is 0 Å². The van der Waals surface area contributed by atoms with E-state index in [9.17, 15) is 64.0 Å². The van der Waals surface area contributed by atoms with E-state index < -0.39 is 218 Å².